The Labute approximate surface area is 551 Å². The lowest BCUT2D eigenvalue weighted by atomic mass is 10.2. The van der Waals surface area contributed by atoms with Gasteiger partial charge in [-0.25, -0.2) is 4.79 Å². The molecule has 0 aliphatic rings. The average Bonchev–Trinajstić information content (AvgIpc) is 0.902. The number of terminal acetylenes is 4. The molecule has 0 aliphatic carbocycles. The van der Waals surface area contributed by atoms with Gasteiger partial charge in [-0.2, -0.15) is 0 Å². The first kappa shape index (κ1) is 78.4. The number of amides is 8. The molecule has 0 radical (unpaired) electrons. The first-order valence-electron chi connectivity index (χ1n) is 31.0. The smallest absolute Gasteiger partial charge is 0.407 e. The Morgan fingerprint density at radius 2 is 0.574 bits per heavy atom. The number of benzene rings is 3. The van der Waals surface area contributed by atoms with Crippen LogP contribution in [-0.2, 0) is 38.1 Å². The van der Waals surface area contributed by atoms with Crippen LogP contribution in [0.1, 0.15) is 116 Å². The second kappa shape index (κ2) is 48.0. The molecule has 0 aromatic heterocycles. The Bertz CT molecular complexity index is 2760. The first-order valence-corrected chi connectivity index (χ1v) is 31.0. The molecular formula is C68H90N8O18. The highest BCUT2D eigenvalue weighted by Gasteiger charge is 2.18. The number of rotatable bonds is 49. The number of ether oxygens (including phenoxy) is 10. The van der Waals surface area contributed by atoms with Crippen LogP contribution in [0.3, 0.4) is 0 Å². The van der Waals surface area contributed by atoms with Crippen molar-refractivity contribution in [2.75, 3.05) is 132 Å². The summed E-state index contributed by atoms with van der Waals surface area (Å²) in [5.41, 5.74) is -0.0440. The maximum absolute atomic E-state index is 13.6. The molecule has 0 spiro atoms. The van der Waals surface area contributed by atoms with E-state index in [4.69, 9.17) is 73.1 Å². The number of carbonyl (C=O) groups is 8. The van der Waals surface area contributed by atoms with Crippen molar-refractivity contribution < 1.29 is 85.7 Å². The minimum atomic E-state index is -0.569. The van der Waals surface area contributed by atoms with Crippen LogP contribution in [0.4, 0.5) is 4.79 Å². The topological polar surface area (TPSA) is 325 Å². The largest absolute Gasteiger partial charge is 0.492 e. The summed E-state index contributed by atoms with van der Waals surface area (Å²) in [6.45, 7) is 9.02. The van der Waals surface area contributed by atoms with Crippen LogP contribution >= 0.6 is 0 Å². The van der Waals surface area contributed by atoms with E-state index in [2.05, 4.69) is 66.2 Å². The third-order valence-electron chi connectivity index (χ3n) is 12.1. The van der Waals surface area contributed by atoms with E-state index in [1.807, 2.05) is 0 Å². The van der Waals surface area contributed by atoms with Crippen molar-refractivity contribution in [1.29, 1.82) is 0 Å². The van der Waals surface area contributed by atoms with Crippen LogP contribution in [0.5, 0.6) is 34.5 Å². The second-order valence-electron chi connectivity index (χ2n) is 21.1. The van der Waals surface area contributed by atoms with Gasteiger partial charge in [-0.05, 0) is 70.0 Å². The van der Waals surface area contributed by atoms with Gasteiger partial charge in [0, 0.05) is 113 Å². The highest BCUT2D eigenvalue weighted by molar-refractivity contribution is 5.96. The van der Waals surface area contributed by atoms with E-state index < -0.39 is 29.4 Å². The summed E-state index contributed by atoms with van der Waals surface area (Å²) in [6.07, 6.45) is 23.5. The van der Waals surface area contributed by atoms with Gasteiger partial charge in [-0.3, -0.25) is 33.6 Å². The fraction of sp³-hybridized carbons (Fsp3) is 0.500. The summed E-state index contributed by atoms with van der Waals surface area (Å²) in [5, 5.41) is 22.0. The number of hydrogen-bond donors (Lipinski definition) is 8. The lowest BCUT2D eigenvalue weighted by Crippen LogP contribution is -2.33. The normalized spacial score (nSPS) is 10.5. The van der Waals surface area contributed by atoms with Gasteiger partial charge in [0.1, 0.15) is 79.7 Å². The van der Waals surface area contributed by atoms with E-state index in [0.29, 0.717) is 84.7 Å². The molecule has 26 heteroatoms. The number of carbonyl (C=O) groups excluding carboxylic acids is 8. The van der Waals surface area contributed by atoms with Gasteiger partial charge in [0.15, 0.2) is 0 Å². The van der Waals surface area contributed by atoms with E-state index in [9.17, 15) is 38.4 Å². The molecule has 26 nitrogen and oxygen atoms in total. The number of nitrogens with one attached hydrogen (secondary N) is 8. The van der Waals surface area contributed by atoms with Gasteiger partial charge in [0.25, 0.3) is 17.7 Å². The monoisotopic (exact) mass is 1310 g/mol. The van der Waals surface area contributed by atoms with Crippen molar-refractivity contribution in [2.24, 2.45) is 0 Å². The fourth-order valence-corrected chi connectivity index (χ4v) is 7.71. The maximum atomic E-state index is 13.6. The Kier molecular flexibility index (Phi) is 40.0. The zero-order valence-corrected chi connectivity index (χ0v) is 54.1. The van der Waals surface area contributed by atoms with Crippen molar-refractivity contribution in [3.05, 3.63) is 71.3 Å². The molecule has 0 atom stereocenters. The SMILES string of the molecule is C#CCCC(=O)NCCOc1cc(OCCNC(=O)CCC#C)cc(C(=O)NCCOc2cc(OCCNC(=O)c3cc(OCCNC(=O)CCC#C)cc(OCCNC(=O)CCC#C)c3)cc(C(=O)NCCCOCCOCCOCCCNC(=O)OC(C)(C)C)c2)c1. The Morgan fingerprint density at radius 3 is 0.840 bits per heavy atom. The summed E-state index contributed by atoms with van der Waals surface area (Å²) in [6, 6.07) is 13.7. The van der Waals surface area contributed by atoms with Gasteiger partial charge in [-0.1, -0.05) is 0 Å². The Hall–Kier alpha value is -9.86. The van der Waals surface area contributed by atoms with Gasteiger partial charge < -0.3 is 89.9 Å². The number of alkyl carbamates (subject to hydrolysis) is 1. The van der Waals surface area contributed by atoms with Gasteiger partial charge in [0.05, 0.1) is 65.7 Å². The van der Waals surface area contributed by atoms with Crippen LogP contribution in [0.2, 0.25) is 0 Å². The Balaban J connectivity index is 1.67. The van der Waals surface area contributed by atoms with E-state index in [-0.39, 0.29) is 186 Å². The predicted octanol–water partition coefficient (Wildman–Crippen LogP) is 4.02. The molecule has 0 aliphatic heterocycles. The molecule has 8 amide bonds. The fourth-order valence-electron chi connectivity index (χ4n) is 7.71. The molecule has 0 fully saturated rings. The van der Waals surface area contributed by atoms with Crippen LogP contribution < -0.4 is 71.0 Å². The van der Waals surface area contributed by atoms with Crippen molar-refractivity contribution in [3.63, 3.8) is 0 Å². The quantitative estimate of drug-likeness (QED) is 0.0292. The van der Waals surface area contributed by atoms with Crippen LogP contribution in [0, 0.1) is 49.4 Å². The number of hydrogen-bond acceptors (Lipinski definition) is 18. The highest BCUT2D eigenvalue weighted by Crippen LogP contribution is 2.26. The molecule has 0 bridgehead atoms. The third-order valence-corrected chi connectivity index (χ3v) is 12.1. The van der Waals surface area contributed by atoms with Crippen molar-refractivity contribution in [2.45, 2.75) is 90.6 Å². The van der Waals surface area contributed by atoms with Gasteiger partial charge >= 0.3 is 6.09 Å². The van der Waals surface area contributed by atoms with Crippen molar-refractivity contribution in [1.82, 2.24) is 42.5 Å². The zero-order chi connectivity index (χ0) is 68.4. The molecule has 510 valence electrons. The molecule has 94 heavy (non-hydrogen) atoms. The van der Waals surface area contributed by atoms with Gasteiger partial charge in [-0.15, -0.1) is 49.4 Å². The summed E-state index contributed by atoms with van der Waals surface area (Å²) < 4.78 is 57.6. The molecule has 3 aromatic carbocycles. The average molecular weight is 1310 g/mol. The standard InChI is InChI=1S/C68H90N8O18/c1-8-12-18-60(77)69-24-32-88-54-44-52(45-55(48-54)89-33-25-70-61(78)19-13-9-2)65(82)74-28-36-92-58-42-51(64(81)73-22-16-30-85-38-40-87-41-39-86-31-17-23-76-67(84)94-68(5,6)7)43-59(50-58)93-37-29-75-66(83)53-46-56(90-34-26-71-62(79)20-14-10-3)49-57(47-53)91-35-27-72-63(80)21-15-11-4/h1-4,42-50H,12-41H2,5-7H3,(H,69,77)(H,70,78)(H,71,79)(H,72,80)(H,73,81)(H,74,82)(H,75,83)(H,76,84). The van der Waals surface area contributed by atoms with Crippen molar-refractivity contribution in [3.8, 4) is 83.9 Å². The minimum absolute atomic E-state index is 0.00593. The minimum Gasteiger partial charge on any atom is -0.492 e. The molecule has 3 rings (SSSR count). The lowest BCUT2D eigenvalue weighted by Gasteiger charge is -2.19. The molecule has 3 aromatic rings. The molecule has 0 saturated heterocycles. The second-order valence-corrected chi connectivity index (χ2v) is 21.1. The zero-order valence-electron chi connectivity index (χ0n) is 54.1. The molecular weight excluding hydrogens is 1220 g/mol. The molecule has 0 unspecified atom stereocenters. The molecule has 8 N–H and O–H groups in total. The summed E-state index contributed by atoms with van der Waals surface area (Å²) in [4.78, 5) is 101. The molecule has 0 heterocycles. The third kappa shape index (κ3) is 38.1. The molecule has 0 saturated carbocycles. The van der Waals surface area contributed by atoms with Crippen molar-refractivity contribution >= 4 is 47.4 Å². The van der Waals surface area contributed by atoms with E-state index in [1.54, 1.807) is 39.0 Å². The van der Waals surface area contributed by atoms with E-state index >= 15 is 0 Å². The Morgan fingerprint density at radius 1 is 0.330 bits per heavy atom. The first-order chi connectivity index (χ1) is 45.4. The van der Waals surface area contributed by atoms with E-state index in [1.165, 1.54) is 36.4 Å². The van der Waals surface area contributed by atoms with Crippen LogP contribution in [0.25, 0.3) is 0 Å². The maximum Gasteiger partial charge on any atom is 0.407 e. The predicted molar refractivity (Wildman–Crippen MR) is 350 cm³/mol. The summed E-state index contributed by atoms with van der Waals surface area (Å²) >= 11 is 0. The summed E-state index contributed by atoms with van der Waals surface area (Å²) in [5.74, 6) is 8.78. The van der Waals surface area contributed by atoms with Crippen LogP contribution in [0.15, 0.2) is 54.6 Å². The summed E-state index contributed by atoms with van der Waals surface area (Å²) in [7, 11) is 0. The van der Waals surface area contributed by atoms with Crippen LogP contribution in [-0.4, -0.2) is 185 Å². The lowest BCUT2D eigenvalue weighted by molar-refractivity contribution is -0.121. The van der Waals surface area contributed by atoms with Gasteiger partial charge in [0.2, 0.25) is 23.6 Å². The highest BCUT2D eigenvalue weighted by atomic mass is 16.6. The van der Waals surface area contributed by atoms with E-state index in [0.717, 1.165) is 0 Å².